The molecular weight excluding hydrogens is 219 g/mol. The van der Waals surface area contributed by atoms with Gasteiger partial charge in [0, 0.05) is 12.7 Å². The Labute approximate surface area is 91.9 Å². The molecule has 0 saturated heterocycles. The first kappa shape index (κ1) is 12.6. The summed E-state index contributed by atoms with van der Waals surface area (Å²) in [7, 11) is 0. The number of rotatable bonds is 4. The zero-order valence-electron chi connectivity index (χ0n) is 8.93. The second-order valence-corrected chi connectivity index (χ2v) is 3.43. The minimum atomic E-state index is -4.39. The van der Waals surface area contributed by atoms with Crippen LogP contribution in [0.25, 0.3) is 0 Å². The van der Waals surface area contributed by atoms with Gasteiger partial charge in [0.2, 0.25) is 0 Å². The molecule has 0 bridgehead atoms. The molecule has 0 spiro atoms. The van der Waals surface area contributed by atoms with Crippen LogP contribution in [0.4, 0.5) is 24.7 Å². The minimum Gasteiger partial charge on any atom is -0.382 e. The maximum Gasteiger partial charge on any atom is 0.417 e. The van der Waals surface area contributed by atoms with Crippen LogP contribution in [0.5, 0.6) is 0 Å². The number of hydrogen-bond acceptors (Lipinski definition) is 3. The van der Waals surface area contributed by atoms with Gasteiger partial charge >= 0.3 is 6.18 Å². The van der Waals surface area contributed by atoms with Crippen LogP contribution in [0.1, 0.15) is 25.3 Å². The summed E-state index contributed by atoms with van der Waals surface area (Å²) < 4.78 is 37.1. The van der Waals surface area contributed by atoms with Crippen molar-refractivity contribution >= 4 is 11.5 Å². The van der Waals surface area contributed by atoms with Gasteiger partial charge < -0.3 is 11.1 Å². The first-order valence-electron chi connectivity index (χ1n) is 5.01. The number of aromatic nitrogens is 1. The summed E-state index contributed by atoms with van der Waals surface area (Å²) in [6.07, 6.45) is -1.82. The molecule has 3 N–H and O–H groups in total. The van der Waals surface area contributed by atoms with Crippen molar-refractivity contribution in [3.63, 3.8) is 0 Å². The van der Waals surface area contributed by atoms with Gasteiger partial charge in [0.05, 0.1) is 11.3 Å². The van der Waals surface area contributed by atoms with Crippen molar-refractivity contribution < 1.29 is 13.2 Å². The second-order valence-electron chi connectivity index (χ2n) is 3.43. The van der Waals surface area contributed by atoms with E-state index in [0.29, 0.717) is 6.54 Å². The van der Waals surface area contributed by atoms with E-state index in [9.17, 15) is 13.2 Å². The molecule has 16 heavy (non-hydrogen) atoms. The Morgan fingerprint density at radius 3 is 2.69 bits per heavy atom. The molecule has 1 aromatic heterocycles. The van der Waals surface area contributed by atoms with Crippen molar-refractivity contribution in [3.05, 3.63) is 17.8 Å². The summed E-state index contributed by atoms with van der Waals surface area (Å²) in [6.45, 7) is 2.58. The number of nitrogen functional groups attached to an aromatic ring is 1. The summed E-state index contributed by atoms with van der Waals surface area (Å²) >= 11 is 0. The van der Waals surface area contributed by atoms with E-state index in [0.717, 1.165) is 25.1 Å². The van der Waals surface area contributed by atoms with Crippen molar-refractivity contribution in [2.75, 3.05) is 17.6 Å². The van der Waals surface area contributed by atoms with Crippen LogP contribution in [0.15, 0.2) is 12.3 Å². The van der Waals surface area contributed by atoms with Crippen molar-refractivity contribution in [3.8, 4) is 0 Å². The molecule has 0 aliphatic carbocycles. The van der Waals surface area contributed by atoms with Crippen molar-refractivity contribution in [2.24, 2.45) is 0 Å². The first-order valence-corrected chi connectivity index (χ1v) is 5.01. The summed E-state index contributed by atoms with van der Waals surface area (Å²) in [6, 6.07) is 0.984. The number of unbranched alkanes of at least 4 members (excludes halogenated alkanes) is 1. The number of anilines is 2. The minimum absolute atomic E-state index is 0.0871. The fourth-order valence-corrected chi connectivity index (χ4v) is 1.17. The average molecular weight is 233 g/mol. The Hall–Kier alpha value is -1.46. The van der Waals surface area contributed by atoms with E-state index < -0.39 is 11.7 Å². The molecule has 0 radical (unpaired) electrons. The highest BCUT2D eigenvalue weighted by Crippen LogP contribution is 2.31. The lowest BCUT2D eigenvalue weighted by Gasteiger charge is -2.11. The molecular formula is C10H14F3N3. The molecule has 0 fully saturated rings. The Bertz CT molecular complexity index is 350. The third-order valence-electron chi connectivity index (χ3n) is 2.09. The van der Waals surface area contributed by atoms with Gasteiger partial charge in [0.1, 0.15) is 5.82 Å². The van der Waals surface area contributed by atoms with Gasteiger partial charge in [0.25, 0.3) is 0 Å². The number of halogens is 3. The van der Waals surface area contributed by atoms with Crippen LogP contribution < -0.4 is 11.1 Å². The van der Waals surface area contributed by atoms with Crippen LogP contribution in [0.2, 0.25) is 0 Å². The van der Waals surface area contributed by atoms with Gasteiger partial charge in [0.15, 0.2) is 0 Å². The molecule has 1 heterocycles. The predicted molar refractivity (Wildman–Crippen MR) is 57.0 cm³/mol. The predicted octanol–water partition coefficient (Wildman–Crippen LogP) is 2.89. The standard InChI is InChI=1S/C10H14F3N3/c1-2-3-4-15-8-5-7(10(11,12)13)6-16-9(8)14/h5-6,15H,2-4H2,1H3,(H2,14,16). The summed E-state index contributed by atoms with van der Waals surface area (Å²) in [5.74, 6) is 0.0871. The Kier molecular flexibility index (Phi) is 3.98. The molecule has 0 atom stereocenters. The number of nitrogens with zero attached hydrogens (tertiary/aromatic N) is 1. The van der Waals surface area contributed by atoms with E-state index in [4.69, 9.17) is 5.73 Å². The zero-order valence-corrected chi connectivity index (χ0v) is 8.93. The first-order chi connectivity index (χ1) is 7.45. The Balaban J connectivity index is 2.83. The molecule has 0 amide bonds. The van der Waals surface area contributed by atoms with Crippen LogP contribution in [-0.4, -0.2) is 11.5 Å². The largest absolute Gasteiger partial charge is 0.417 e. The fraction of sp³-hybridized carbons (Fsp3) is 0.500. The molecule has 0 aromatic carbocycles. The number of nitrogens with one attached hydrogen (secondary N) is 1. The van der Waals surface area contributed by atoms with E-state index >= 15 is 0 Å². The highest BCUT2D eigenvalue weighted by atomic mass is 19.4. The molecule has 90 valence electrons. The van der Waals surface area contributed by atoms with Crippen molar-refractivity contribution in [1.82, 2.24) is 4.98 Å². The summed E-state index contributed by atoms with van der Waals surface area (Å²) in [4.78, 5) is 3.52. The fourth-order valence-electron chi connectivity index (χ4n) is 1.17. The van der Waals surface area contributed by atoms with Crippen LogP contribution >= 0.6 is 0 Å². The molecule has 1 aromatic rings. The van der Waals surface area contributed by atoms with Crippen LogP contribution in [0.3, 0.4) is 0 Å². The van der Waals surface area contributed by atoms with E-state index in [-0.39, 0.29) is 11.5 Å². The van der Waals surface area contributed by atoms with Gasteiger partial charge in [-0.3, -0.25) is 0 Å². The van der Waals surface area contributed by atoms with Crippen LogP contribution in [0, 0.1) is 0 Å². The SMILES string of the molecule is CCCCNc1cc(C(F)(F)F)cnc1N. The third kappa shape index (κ3) is 3.29. The monoisotopic (exact) mass is 233 g/mol. The normalized spacial score (nSPS) is 11.5. The van der Waals surface area contributed by atoms with Gasteiger partial charge in [-0.1, -0.05) is 13.3 Å². The lowest BCUT2D eigenvalue weighted by molar-refractivity contribution is -0.137. The van der Waals surface area contributed by atoms with E-state index in [1.807, 2.05) is 6.92 Å². The van der Waals surface area contributed by atoms with Gasteiger partial charge in [-0.05, 0) is 12.5 Å². The Morgan fingerprint density at radius 1 is 1.44 bits per heavy atom. The van der Waals surface area contributed by atoms with E-state index in [1.54, 1.807) is 0 Å². The lowest BCUT2D eigenvalue weighted by Crippen LogP contribution is -2.10. The third-order valence-corrected chi connectivity index (χ3v) is 2.09. The highest BCUT2D eigenvalue weighted by molar-refractivity contribution is 5.62. The van der Waals surface area contributed by atoms with Gasteiger partial charge in [-0.2, -0.15) is 13.2 Å². The Morgan fingerprint density at radius 2 is 2.12 bits per heavy atom. The van der Waals surface area contributed by atoms with E-state index in [2.05, 4.69) is 10.3 Å². The quantitative estimate of drug-likeness (QED) is 0.786. The number of hydrogen-bond donors (Lipinski definition) is 2. The molecule has 0 saturated carbocycles. The van der Waals surface area contributed by atoms with Gasteiger partial charge in [-0.25, -0.2) is 4.98 Å². The second kappa shape index (κ2) is 5.05. The topological polar surface area (TPSA) is 50.9 Å². The van der Waals surface area contributed by atoms with Crippen molar-refractivity contribution in [2.45, 2.75) is 25.9 Å². The lowest BCUT2D eigenvalue weighted by atomic mass is 10.2. The van der Waals surface area contributed by atoms with Crippen molar-refractivity contribution in [1.29, 1.82) is 0 Å². The maximum atomic E-state index is 12.4. The average Bonchev–Trinajstić information content (AvgIpc) is 2.19. The maximum absolute atomic E-state index is 12.4. The molecule has 0 aliphatic rings. The molecule has 1 rings (SSSR count). The molecule has 0 unspecified atom stereocenters. The zero-order chi connectivity index (χ0) is 12.2. The summed E-state index contributed by atoms with van der Waals surface area (Å²) in [5, 5.41) is 2.84. The number of nitrogens with two attached hydrogens (primary N) is 1. The van der Waals surface area contributed by atoms with Crippen LogP contribution in [-0.2, 0) is 6.18 Å². The highest BCUT2D eigenvalue weighted by Gasteiger charge is 2.31. The smallest absolute Gasteiger partial charge is 0.382 e. The number of alkyl halides is 3. The van der Waals surface area contributed by atoms with Gasteiger partial charge in [-0.15, -0.1) is 0 Å². The molecule has 6 heteroatoms. The molecule has 0 aliphatic heterocycles. The molecule has 3 nitrogen and oxygen atoms in total. The summed E-state index contributed by atoms with van der Waals surface area (Å²) in [5.41, 5.74) is 4.92. The van der Waals surface area contributed by atoms with E-state index in [1.165, 1.54) is 0 Å². The number of pyridine rings is 1.